The number of urea groups is 1. The van der Waals surface area contributed by atoms with Gasteiger partial charge < -0.3 is 15.4 Å². The minimum atomic E-state index is -0.655. The normalized spacial score (nSPS) is 14.4. The number of methoxy groups -OCH3 is 1. The smallest absolute Gasteiger partial charge is 0.330 e. The van der Waals surface area contributed by atoms with Gasteiger partial charge in [-0.3, -0.25) is 25.4 Å². The van der Waals surface area contributed by atoms with Gasteiger partial charge in [-0.05, 0) is 47.5 Å². The molecule has 0 atom stereocenters. The quantitative estimate of drug-likeness (QED) is 0.228. The van der Waals surface area contributed by atoms with Crippen LogP contribution in [-0.2, 0) is 17.9 Å². The van der Waals surface area contributed by atoms with Crippen molar-refractivity contribution < 1.29 is 14.3 Å². The standard InChI is InChI=1S/C31H28N6O3/c1-40-25-16-12-22(13-17-25)20-37-28(32)27(30(38)36-31(37)39)29(35-24-7-3-2-4-8-24)34-19-21-10-14-23(15-11-21)26-9-5-6-18-33-26/h2-18,32,34-35H,19-20H2,1H3,(H,36,38,39)/b29-27-,32-28?. The Morgan fingerprint density at radius 1 is 0.900 bits per heavy atom. The van der Waals surface area contributed by atoms with Crippen molar-refractivity contribution >= 4 is 23.5 Å². The first kappa shape index (κ1) is 26.2. The first-order chi connectivity index (χ1) is 19.5. The lowest BCUT2D eigenvalue weighted by Gasteiger charge is -2.30. The Hall–Kier alpha value is -5.44. The van der Waals surface area contributed by atoms with E-state index in [1.54, 1.807) is 25.4 Å². The summed E-state index contributed by atoms with van der Waals surface area (Å²) in [7, 11) is 1.58. The highest BCUT2D eigenvalue weighted by atomic mass is 16.5. The van der Waals surface area contributed by atoms with Gasteiger partial charge in [0.1, 0.15) is 23.0 Å². The van der Waals surface area contributed by atoms with Gasteiger partial charge in [-0.2, -0.15) is 0 Å². The van der Waals surface area contributed by atoms with Crippen LogP contribution < -0.4 is 20.7 Å². The van der Waals surface area contributed by atoms with Gasteiger partial charge in [0.2, 0.25) is 0 Å². The number of anilines is 1. The van der Waals surface area contributed by atoms with Crippen molar-refractivity contribution in [3.8, 4) is 17.0 Å². The fourth-order valence-electron chi connectivity index (χ4n) is 4.25. The van der Waals surface area contributed by atoms with Crippen LogP contribution in [0.25, 0.3) is 11.3 Å². The van der Waals surface area contributed by atoms with Gasteiger partial charge in [0.15, 0.2) is 0 Å². The van der Waals surface area contributed by atoms with E-state index in [1.165, 1.54) is 4.90 Å². The van der Waals surface area contributed by atoms with Crippen LogP contribution in [0.3, 0.4) is 0 Å². The Kier molecular flexibility index (Phi) is 7.82. The topological polar surface area (TPSA) is 119 Å². The maximum Gasteiger partial charge on any atom is 0.330 e. The molecule has 2 heterocycles. The third kappa shape index (κ3) is 5.99. The van der Waals surface area contributed by atoms with E-state index in [0.717, 1.165) is 28.1 Å². The third-order valence-electron chi connectivity index (χ3n) is 6.38. The molecule has 3 amide bonds. The number of ether oxygens (including phenoxy) is 1. The zero-order chi connectivity index (χ0) is 27.9. The molecular formula is C31H28N6O3. The van der Waals surface area contributed by atoms with Gasteiger partial charge in [-0.25, -0.2) is 4.79 Å². The number of nitrogens with zero attached hydrogens (tertiary/aromatic N) is 2. The molecule has 1 aliphatic heterocycles. The highest BCUT2D eigenvalue weighted by molar-refractivity contribution is 6.30. The van der Waals surface area contributed by atoms with E-state index in [-0.39, 0.29) is 18.0 Å². The van der Waals surface area contributed by atoms with E-state index in [4.69, 9.17) is 10.1 Å². The molecular weight excluding hydrogens is 504 g/mol. The number of carbonyl (C=O) groups is 2. The van der Waals surface area contributed by atoms with Crippen molar-refractivity contribution in [3.05, 3.63) is 126 Å². The zero-order valence-electron chi connectivity index (χ0n) is 21.8. The van der Waals surface area contributed by atoms with E-state index in [1.807, 2.05) is 84.9 Å². The zero-order valence-corrected chi connectivity index (χ0v) is 21.8. The summed E-state index contributed by atoms with van der Waals surface area (Å²) < 4.78 is 5.21. The van der Waals surface area contributed by atoms with Gasteiger partial charge >= 0.3 is 6.03 Å². The maximum absolute atomic E-state index is 13.1. The predicted molar refractivity (Wildman–Crippen MR) is 153 cm³/mol. The number of amidine groups is 1. The minimum Gasteiger partial charge on any atom is -0.497 e. The Morgan fingerprint density at radius 2 is 1.60 bits per heavy atom. The van der Waals surface area contributed by atoms with Crippen molar-refractivity contribution in [1.82, 2.24) is 20.5 Å². The first-order valence-corrected chi connectivity index (χ1v) is 12.7. The van der Waals surface area contributed by atoms with Crippen molar-refractivity contribution in [2.24, 2.45) is 0 Å². The lowest BCUT2D eigenvalue weighted by atomic mass is 10.1. The summed E-state index contributed by atoms with van der Waals surface area (Å²) in [4.78, 5) is 31.5. The minimum absolute atomic E-state index is 0.0297. The fraction of sp³-hybridized carbons (Fsp3) is 0.0968. The molecule has 1 aliphatic rings. The molecule has 200 valence electrons. The van der Waals surface area contributed by atoms with Crippen molar-refractivity contribution in [2.75, 3.05) is 12.4 Å². The van der Waals surface area contributed by atoms with E-state index in [9.17, 15) is 9.59 Å². The van der Waals surface area contributed by atoms with Crippen molar-refractivity contribution in [3.63, 3.8) is 0 Å². The molecule has 4 N–H and O–H groups in total. The van der Waals surface area contributed by atoms with Crippen LogP contribution in [0, 0.1) is 5.41 Å². The average Bonchev–Trinajstić information content (AvgIpc) is 2.99. The van der Waals surface area contributed by atoms with Crippen LogP contribution in [-0.4, -0.2) is 34.8 Å². The molecule has 40 heavy (non-hydrogen) atoms. The van der Waals surface area contributed by atoms with Crippen LogP contribution in [0.2, 0.25) is 0 Å². The SMILES string of the molecule is COc1ccc(CN2C(=N)/C(=C(\NCc3ccc(-c4ccccn4)cc3)Nc3ccccc3)C(=O)NC2=O)cc1. The molecule has 0 radical (unpaired) electrons. The molecule has 9 nitrogen and oxygen atoms in total. The lowest BCUT2D eigenvalue weighted by molar-refractivity contribution is -0.116. The summed E-state index contributed by atoms with van der Waals surface area (Å²) in [5, 5.41) is 17.8. The van der Waals surface area contributed by atoms with Gasteiger partial charge in [-0.1, -0.05) is 60.7 Å². The number of rotatable bonds is 9. The van der Waals surface area contributed by atoms with E-state index in [2.05, 4.69) is 20.9 Å². The number of hydrogen-bond donors (Lipinski definition) is 4. The molecule has 9 heteroatoms. The first-order valence-electron chi connectivity index (χ1n) is 12.7. The Morgan fingerprint density at radius 3 is 2.27 bits per heavy atom. The molecule has 3 aromatic carbocycles. The van der Waals surface area contributed by atoms with E-state index < -0.39 is 11.9 Å². The second-order valence-corrected chi connectivity index (χ2v) is 9.05. The Balaban J connectivity index is 1.42. The molecule has 1 fully saturated rings. The third-order valence-corrected chi connectivity index (χ3v) is 6.38. The molecule has 5 rings (SSSR count). The number of imide groups is 1. The van der Waals surface area contributed by atoms with Gasteiger partial charge in [0, 0.05) is 24.0 Å². The van der Waals surface area contributed by atoms with Crippen LogP contribution in [0.5, 0.6) is 5.75 Å². The van der Waals surface area contributed by atoms with Gasteiger partial charge in [0.05, 0.1) is 19.3 Å². The average molecular weight is 533 g/mol. The summed E-state index contributed by atoms with van der Waals surface area (Å²) in [5.41, 5.74) is 4.37. The fourth-order valence-corrected chi connectivity index (χ4v) is 4.25. The molecule has 0 bridgehead atoms. The molecule has 1 saturated heterocycles. The number of para-hydroxylation sites is 1. The molecule has 0 unspecified atom stereocenters. The predicted octanol–water partition coefficient (Wildman–Crippen LogP) is 4.90. The monoisotopic (exact) mass is 532 g/mol. The number of benzene rings is 3. The Bertz CT molecular complexity index is 1540. The number of amides is 3. The largest absolute Gasteiger partial charge is 0.497 e. The van der Waals surface area contributed by atoms with E-state index in [0.29, 0.717) is 18.1 Å². The second kappa shape index (κ2) is 12.0. The van der Waals surface area contributed by atoms with Crippen molar-refractivity contribution in [1.29, 1.82) is 5.41 Å². The molecule has 0 aliphatic carbocycles. The number of pyridine rings is 1. The molecule has 4 aromatic rings. The van der Waals surface area contributed by atoms with E-state index >= 15 is 0 Å². The number of carbonyl (C=O) groups excluding carboxylic acids is 2. The van der Waals surface area contributed by atoms with Gasteiger partial charge in [0.25, 0.3) is 5.91 Å². The van der Waals surface area contributed by atoms with Crippen LogP contribution in [0.1, 0.15) is 11.1 Å². The number of nitrogens with one attached hydrogen (secondary N) is 4. The summed E-state index contributed by atoms with van der Waals surface area (Å²) in [6.45, 7) is 0.479. The highest BCUT2D eigenvalue weighted by Crippen LogP contribution is 2.21. The molecule has 0 spiro atoms. The summed E-state index contributed by atoms with van der Waals surface area (Å²) in [5.74, 6) is 0.137. The molecule has 0 saturated carbocycles. The summed E-state index contributed by atoms with van der Waals surface area (Å²) in [6.07, 6.45) is 1.76. The lowest BCUT2D eigenvalue weighted by Crippen LogP contribution is -2.54. The van der Waals surface area contributed by atoms with Crippen LogP contribution in [0.15, 0.2) is 115 Å². The Labute approximate surface area is 232 Å². The van der Waals surface area contributed by atoms with Crippen molar-refractivity contribution in [2.45, 2.75) is 13.1 Å². The van der Waals surface area contributed by atoms with Gasteiger partial charge in [-0.15, -0.1) is 0 Å². The van der Waals surface area contributed by atoms with Crippen LogP contribution >= 0.6 is 0 Å². The number of hydrogen-bond acceptors (Lipinski definition) is 7. The summed E-state index contributed by atoms with van der Waals surface area (Å²) in [6, 6.07) is 29.6. The second-order valence-electron chi connectivity index (χ2n) is 9.05. The highest BCUT2D eigenvalue weighted by Gasteiger charge is 2.35. The molecule has 1 aromatic heterocycles. The maximum atomic E-state index is 13.1. The number of aromatic nitrogens is 1. The summed E-state index contributed by atoms with van der Waals surface area (Å²) >= 11 is 0. The van der Waals surface area contributed by atoms with Crippen LogP contribution in [0.4, 0.5) is 10.5 Å².